The second-order valence-corrected chi connectivity index (χ2v) is 3.16. The number of nitrogens with two attached hydrogens (primary N) is 1. The highest BCUT2D eigenvalue weighted by molar-refractivity contribution is 5.90. The Bertz CT molecular complexity index is 386. The molecule has 15 heavy (non-hydrogen) atoms. The number of carbonyl (C=O) groups is 1. The van der Waals surface area contributed by atoms with E-state index >= 15 is 0 Å². The number of hydroxylamine groups is 2. The predicted octanol–water partition coefficient (Wildman–Crippen LogP) is 0.685. The molecule has 1 aromatic rings. The van der Waals surface area contributed by atoms with Crippen molar-refractivity contribution in [2.45, 2.75) is 0 Å². The van der Waals surface area contributed by atoms with Gasteiger partial charge in [0.1, 0.15) is 6.34 Å². The maximum absolute atomic E-state index is 11.5. The van der Waals surface area contributed by atoms with Gasteiger partial charge in [0, 0.05) is 5.69 Å². The van der Waals surface area contributed by atoms with Crippen LogP contribution in [-0.4, -0.2) is 30.5 Å². The number of hydrogen-bond acceptors (Lipinski definition) is 5. The number of aliphatic imine (C=N–C) groups is 1. The van der Waals surface area contributed by atoms with Crippen LogP contribution in [0, 0.1) is 0 Å². The number of rotatable bonds is 2. The highest BCUT2D eigenvalue weighted by atomic mass is 16.7. The van der Waals surface area contributed by atoms with E-state index in [1.165, 1.54) is 11.4 Å². The Labute approximate surface area is 87.1 Å². The monoisotopic (exact) mass is 205 g/mol. The van der Waals surface area contributed by atoms with E-state index < -0.39 is 5.97 Å². The highest BCUT2D eigenvalue weighted by Crippen LogP contribution is 2.08. The zero-order valence-corrected chi connectivity index (χ0v) is 8.09. The first kappa shape index (κ1) is 9.51. The maximum atomic E-state index is 11.5. The molecule has 1 heterocycles. The summed E-state index contributed by atoms with van der Waals surface area (Å²) in [6.45, 7) is 1.27. The molecule has 5 heteroatoms. The van der Waals surface area contributed by atoms with Crippen LogP contribution in [0.25, 0.3) is 0 Å². The van der Waals surface area contributed by atoms with Crippen molar-refractivity contribution in [1.82, 2.24) is 5.06 Å². The number of anilines is 1. The quantitative estimate of drug-likeness (QED) is 0.721. The van der Waals surface area contributed by atoms with Crippen LogP contribution in [0.3, 0.4) is 0 Å². The Hall–Kier alpha value is -2.04. The van der Waals surface area contributed by atoms with Crippen molar-refractivity contribution in [2.24, 2.45) is 4.99 Å². The third kappa shape index (κ3) is 2.25. The van der Waals surface area contributed by atoms with Crippen LogP contribution >= 0.6 is 0 Å². The van der Waals surface area contributed by atoms with Crippen molar-refractivity contribution in [3.63, 3.8) is 0 Å². The number of hydrogen-bond donors (Lipinski definition) is 1. The van der Waals surface area contributed by atoms with E-state index in [4.69, 9.17) is 10.6 Å². The van der Waals surface area contributed by atoms with Gasteiger partial charge in [0.15, 0.2) is 0 Å². The minimum absolute atomic E-state index is 0.400. The Morgan fingerprint density at radius 2 is 2.13 bits per heavy atom. The highest BCUT2D eigenvalue weighted by Gasteiger charge is 2.13. The predicted molar refractivity (Wildman–Crippen MR) is 56.3 cm³/mol. The SMILES string of the molecule is Nc1ccc(C(=O)ON2C=NCC2)cc1. The maximum Gasteiger partial charge on any atom is 0.363 e. The van der Waals surface area contributed by atoms with Crippen molar-refractivity contribution in [1.29, 1.82) is 0 Å². The van der Waals surface area contributed by atoms with Gasteiger partial charge in [-0.2, -0.15) is 5.06 Å². The molecule has 0 atom stereocenters. The van der Waals surface area contributed by atoms with Gasteiger partial charge in [-0.25, -0.2) is 4.79 Å². The van der Waals surface area contributed by atoms with E-state index in [0.717, 1.165) is 0 Å². The summed E-state index contributed by atoms with van der Waals surface area (Å²) in [5.41, 5.74) is 6.60. The molecular formula is C10H11N3O2. The average molecular weight is 205 g/mol. The Kier molecular flexibility index (Phi) is 2.53. The zero-order valence-electron chi connectivity index (χ0n) is 8.09. The van der Waals surface area contributed by atoms with E-state index in [1.807, 2.05) is 0 Å². The second kappa shape index (κ2) is 4.00. The van der Waals surface area contributed by atoms with Crippen LogP contribution in [0.4, 0.5) is 5.69 Å². The van der Waals surface area contributed by atoms with Crippen LogP contribution in [0.15, 0.2) is 29.3 Å². The van der Waals surface area contributed by atoms with Gasteiger partial charge in [0.2, 0.25) is 0 Å². The summed E-state index contributed by atoms with van der Waals surface area (Å²) >= 11 is 0. The first-order valence-electron chi connectivity index (χ1n) is 4.60. The van der Waals surface area contributed by atoms with E-state index in [-0.39, 0.29) is 0 Å². The van der Waals surface area contributed by atoms with Gasteiger partial charge in [-0.1, -0.05) is 0 Å². The second-order valence-electron chi connectivity index (χ2n) is 3.16. The number of nitrogen functional groups attached to an aromatic ring is 1. The first-order valence-corrected chi connectivity index (χ1v) is 4.60. The molecule has 2 rings (SSSR count). The van der Waals surface area contributed by atoms with E-state index in [9.17, 15) is 4.79 Å². The van der Waals surface area contributed by atoms with Crippen LogP contribution in [0.5, 0.6) is 0 Å². The fourth-order valence-corrected chi connectivity index (χ4v) is 1.21. The molecule has 0 spiro atoms. The Morgan fingerprint density at radius 3 is 2.73 bits per heavy atom. The van der Waals surface area contributed by atoms with Gasteiger partial charge in [-0.15, -0.1) is 0 Å². The molecule has 0 bridgehead atoms. The summed E-state index contributed by atoms with van der Waals surface area (Å²) in [4.78, 5) is 20.5. The molecule has 1 aromatic carbocycles. The minimum atomic E-state index is -0.400. The molecule has 78 valence electrons. The number of nitrogens with zero attached hydrogens (tertiary/aromatic N) is 2. The molecule has 2 N–H and O–H groups in total. The van der Waals surface area contributed by atoms with E-state index in [2.05, 4.69) is 4.99 Å². The molecule has 0 amide bonds. The molecule has 0 saturated carbocycles. The smallest absolute Gasteiger partial charge is 0.363 e. The third-order valence-corrected chi connectivity index (χ3v) is 2.01. The molecule has 1 aliphatic heterocycles. The fourth-order valence-electron chi connectivity index (χ4n) is 1.21. The molecule has 5 nitrogen and oxygen atoms in total. The van der Waals surface area contributed by atoms with E-state index in [0.29, 0.717) is 24.3 Å². The molecule has 0 aliphatic carbocycles. The molecule has 0 aromatic heterocycles. The lowest BCUT2D eigenvalue weighted by molar-refractivity contribution is -0.0454. The zero-order chi connectivity index (χ0) is 10.7. The largest absolute Gasteiger partial charge is 0.399 e. The van der Waals surface area contributed by atoms with Gasteiger partial charge in [-0.05, 0) is 24.3 Å². The van der Waals surface area contributed by atoms with Crippen molar-refractivity contribution in [2.75, 3.05) is 18.8 Å². The average Bonchev–Trinajstić information content (AvgIpc) is 2.71. The van der Waals surface area contributed by atoms with Crippen molar-refractivity contribution in [3.8, 4) is 0 Å². The molecule has 0 unspecified atom stereocenters. The van der Waals surface area contributed by atoms with Crippen molar-refractivity contribution >= 4 is 18.0 Å². The van der Waals surface area contributed by atoms with Crippen LogP contribution < -0.4 is 5.73 Å². The molecule has 0 radical (unpaired) electrons. The van der Waals surface area contributed by atoms with Crippen LogP contribution in [0.1, 0.15) is 10.4 Å². The molecule has 0 saturated heterocycles. The van der Waals surface area contributed by atoms with Gasteiger partial charge in [0.05, 0.1) is 18.7 Å². The van der Waals surface area contributed by atoms with Crippen molar-refractivity contribution < 1.29 is 9.63 Å². The van der Waals surface area contributed by atoms with Crippen molar-refractivity contribution in [3.05, 3.63) is 29.8 Å². The normalized spacial score (nSPS) is 14.3. The third-order valence-electron chi connectivity index (χ3n) is 2.01. The standard InChI is InChI=1S/C10H11N3O2/c11-9-3-1-8(2-4-9)10(14)15-13-6-5-12-7-13/h1-4,7H,5-6,11H2. The molecular weight excluding hydrogens is 194 g/mol. The molecule has 1 aliphatic rings. The summed E-state index contributed by atoms with van der Waals surface area (Å²) in [6.07, 6.45) is 1.51. The summed E-state index contributed by atoms with van der Waals surface area (Å²) in [5, 5.41) is 1.42. The van der Waals surface area contributed by atoms with Gasteiger partial charge in [-0.3, -0.25) is 4.99 Å². The van der Waals surface area contributed by atoms with Crippen LogP contribution in [0.2, 0.25) is 0 Å². The lowest BCUT2D eigenvalue weighted by Gasteiger charge is -2.12. The first-order chi connectivity index (χ1) is 7.25. The van der Waals surface area contributed by atoms with Gasteiger partial charge < -0.3 is 10.6 Å². The van der Waals surface area contributed by atoms with Gasteiger partial charge in [0.25, 0.3) is 0 Å². The lowest BCUT2D eigenvalue weighted by Crippen LogP contribution is -2.24. The Morgan fingerprint density at radius 1 is 1.40 bits per heavy atom. The topological polar surface area (TPSA) is 67.9 Å². The summed E-state index contributed by atoms with van der Waals surface area (Å²) in [5.74, 6) is -0.400. The summed E-state index contributed by atoms with van der Waals surface area (Å²) < 4.78 is 0. The van der Waals surface area contributed by atoms with E-state index in [1.54, 1.807) is 24.3 Å². The fraction of sp³-hybridized carbons (Fsp3) is 0.200. The number of benzene rings is 1. The van der Waals surface area contributed by atoms with Crippen LogP contribution in [-0.2, 0) is 4.84 Å². The lowest BCUT2D eigenvalue weighted by atomic mass is 10.2. The minimum Gasteiger partial charge on any atom is -0.399 e. The van der Waals surface area contributed by atoms with Gasteiger partial charge >= 0.3 is 5.97 Å². The summed E-state index contributed by atoms with van der Waals surface area (Å²) in [6, 6.07) is 6.58. The summed E-state index contributed by atoms with van der Waals surface area (Å²) in [7, 11) is 0. The number of carbonyl (C=O) groups excluding carboxylic acids is 1. The Balaban J connectivity index is 2.01. The molecule has 0 fully saturated rings.